The number of rotatable bonds is 7. The Morgan fingerprint density at radius 2 is 2.19 bits per heavy atom. The summed E-state index contributed by atoms with van der Waals surface area (Å²) in [5.74, 6) is 1.66. The molecule has 2 fully saturated rings. The third kappa shape index (κ3) is 3.95. The van der Waals surface area contributed by atoms with Crippen LogP contribution in [0.2, 0.25) is 0 Å². The number of carbonyl (C=O) groups excluding carboxylic acids is 1. The lowest BCUT2D eigenvalue weighted by atomic mass is 9.98. The lowest BCUT2D eigenvalue weighted by Crippen LogP contribution is -2.34. The first kappa shape index (κ1) is 18.0. The van der Waals surface area contributed by atoms with Crippen molar-refractivity contribution >= 4 is 11.6 Å². The van der Waals surface area contributed by atoms with Gasteiger partial charge in [0.25, 0.3) is 0 Å². The summed E-state index contributed by atoms with van der Waals surface area (Å²) in [6, 6.07) is 7.38. The van der Waals surface area contributed by atoms with Gasteiger partial charge < -0.3 is 20.3 Å². The molecule has 2 aliphatic heterocycles. The summed E-state index contributed by atoms with van der Waals surface area (Å²) in [6.45, 7) is 4.81. The summed E-state index contributed by atoms with van der Waals surface area (Å²) < 4.78 is 5.04. The second-order valence-electron chi connectivity index (χ2n) is 7.98. The van der Waals surface area contributed by atoms with Gasteiger partial charge >= 0.3 is 0 Å². The van der Waals surface area contributed by atoms with E-state index in [1.54, 1.807) is 7.11 Å². The molecule has 1 aliphatic carbocycles. The molecular formula is C21H31N3O2. The van der Waals surface area contributed by atoms with E-state index in [0.717, 1.165) is 31.1 Å². The first-order chi connectivity index (χ1) is 12.8. The van der Waals surface area contributed by atoms with E-state index in [2.05, 4.69) is 28.8 Å². The van der Waals surface area contributed by atoms with Crippen molar-refractivity contribution in [1.82, 2.24) is 10.6 Å². The predicted octanol–water partition coefficient (Wildman–Crippen LogP) is 2.06. The number of carbonyl (C=O) groups is 1. The quantitative estimate of drug-likeness (QED) is 0.784. The van der Waals surface area contributed by atoms with E-state index in [1.165, 1.54) is 43.5 Å². The monoisotopic (exact) mass is 357 g/mol. The zero-order chi connectivity index (χ0) is 17.9. The molecule has 5 nitrogen and oxygen atoms in total. The molecule has 142 valence electrons. The largest absolute Gasteiger partial charge is 0.384 e. The van der Waals surface area contributed by atoms with Crippen LogP contribution in [0.25, 0.3) is 0 Å². The fourth-order valence-electron chi connectivity index (χ4n) is 4.43. The number of anilines is 1. The SMILES string of the molecule is COCCC(=O)N1CCc2cc(C3CC3NCC3CCNCC3)ccc21. The van der Waals surface area contributed by atoms with Gasteiger partial charge in [0.2, 0.25) is 5.91 Å². The summed E-state index contributed by atoms with van der Waals surface area (Å²) in [7, 11) is 1.64. The Hall–Kier alpha value is -1.43. The Bertz CT molecular complexity index is 642. The van der Waals surface area contributed by atoms with Crippen molar-refractivity contribution in [2.45, 2.75) is 44.1 Å². The normalized spacial score (nSPS) is 25.3. The average Bonchev–Trinajstić information content (AvgIpc) is 3.34. The van der Waals surface area contributed by atoms with Crippen LogP contribution in [0.3, 0.4) is 0 Å². The van der Waals surface area contributed by atoms with Crippen LogP contribution in [-0.2, 0) is 16.0 Å². The molecule has 0 bridgehead atoms. The molecule has 2 atom stereocenters. The van der Waals surface area contributed by atoms with Gasteiger partial charge in [-0.15, -0.1) is 0 Å². The van der Waals surface area contributed by atoms with Crippen LogP contribution in [0.1, 0.15) is 42.7 Å². The van der Waals surface area contributed by atoms with Crippen molar-refractivity contribution in [3.8, 4) is 0 Å². The highest BCUT2D eigenvalue weighted by Crippen LogP contribution is 2.43. The molecule has 1 saturated heterocycles. The van der Waals surface area contributed by atoms with E-state index in [0.29, 0.717) is 25.0 Å². The second kappa shape index (κ2) is 8.07. The molecule has 0 radical (unpaired) electrons. The van der Waals surface area contributed by atoms with Gasteiger partial charge in [-0.05, 0) is 68.4 Å². The van der Waals surface area contributed by atoms with Gasteiger partial charge in [0.1, 0.15) is 0 Å². The Balaban J connectivity index is 1.32. The number of amides is 1. The van der Waals surface area contributed by atoms with Crippen LogP contribution >= 0.6 is 0 Å². The number of methoxy groups -OCH3 is 1. The molecule has 2 heterocycles. The smallest absolute Gasteiger partial charge is 0.229 e. The second-order valence-corrected chi connectivity index (χ2v) is 7.98. The number of ether oxygens (including phenoxy) is 1. The Kier molecular flexibility index (Phi) is 5.57. The number of piperidine rings is 1. The highest BCUT2D eigenvalue weighted by Gasteiger charge is 2.39. The van der Waals surface area contributed by atoms with E-state index in [4.69, 9.17) is 4.74 Å². The fourth-order valence-corrected chi connectivity index (χ4v) is 4.43. The van der Waals surface area contributed by atoms with Gasteiger partial charge in [-0.25, -0.2) is 0 Å². The molecule has 2 unspecified atom stereocenters. The van der Waals surface area contributed by atoms with E-state index >= 15 is 0 Å². The van der Waals surface area contributed by atoms with E-state index < -0.39 is 0 Å². The molecule has 1 amide bonds. The highest BCUT2D eigenvalue weighted by molar-refractivity contribution is 5.95. The summed E-state index contributed by atoms with van der Waals surface area (Å²) in [5, 5.41) is 7.22. The van der Waals surface area contributed by atoms with Crippen molar-refractivity contribution in [3.63, 3.8) is 0 Å². The van der Waals surface area contributed by atoms with Crippen LogP contribution in [0.5, 0.6) is 0 Å². The first-order valence-corrected chi connectivity index (χ1v) is 10.1. The van der Waals surface area contributed by atoms with Gasteiger partial charge in [0.15, 0.2) is 0 Å². The topological polar surface area (TPSA) is 53.6 Å². The average molecular weight is 357 g/mol. The van der Waals surface area contributed by atoms with Crippen LogP contribution in [0.4, 0.5) is 5.69 Å². The van der Waals surface area contributed by atoms with E-state index in [1.807, 2.05) is 4.90 Å². The third-order valence-electron chi connectivity index (χ3n) is 6.17. The third-order valence-corrected chi connectivity index (χ3v) is 6.17. The maximum absolute atomic E-state index is 12.3. The molecule has 5 heteroatoms. The number of benzene rings is 1. The minimum absolute atomic E-state index is 0.172. The van der Waals surface area contributed by atoms with Gasteiger partial charge in [0, 0.05) is 31.3 Å². The summed E-state index contributed by atoms with van der Waals surface area (Å²) in [4.78, 5) is 14.2. The molecule has 4 rings (SSSR count). The summed E-state index contributed by atoms with van der Waals surface area (Å²) in [6.07, 6.45) is 5.29. The number of nitrogens with one attached hydrogen (secondary N) is 2. The van der Waals surface area contributed by atoms with Crippen molar-refractivity contribution in [2.24, 2.45) is 5.92 Å². The standard InChI is InChI=1S/C21H31N3O2/c1-26-11-7-21(25)24-10-6-17-12-16(2-3-20(17)24)18-13-19(18)23-14-15-4-8-22-9-5-15/h2-3,12,15,18-19,22-23H,4-11,13-14H2,1H3. The molecule has 1 aromatic carbocycles. The minimum atomic E-state index is 0.172. The van der Waals surface area contributed by atoms with Gasteiger partial charge in [-0.2, -0.15) is 0 Å². The highest BCUT2D eigenvalue weighted by atomic mass is 16.5. The van der Waals surface area contributed by atoms with Gasteiger partial charge in [0.05, 0.1) is 13.0 Å². The maximum Gasteiger partial charge on any atom is 0.229 e. The number of hydrogen-bond donors (Lipinski definition) is 2. The van der Waals surface area contributed by atoms with Crippen LogP contribution < -0.4 is 15.5 Å². The molecule has 3 aliphatic rings. The molecule has 0 aromatic heterocycles. The lowest BCUT2D eigenvalue weighted by Gasteiger charge is -2.23. The summed E-state index contributed by atoms with van der Waals surface area (Å²) >= 11 is 0. The van der Waals surface area contributed by atoms with Crippen LogP contribution in [0, 0.1) is 5.92 Å². The van der Waals surface area contributed by atoms with Gasteiger partial charge in [-0.1, -0.05) is 12.1 Å². The Morgan fingerprint density at radius 1 is 1.35 bits per heavy atom. The molecule has 1 aromatic rings. The maximum atomic E-state index is 12.3. The lowest BCUT2D eigenvalue weighted by molar-refractivity contribution is -0.119. The predicted molar refractivity (Wildman–Crippen MR) is 104 cm³/mol. The zero-order valence-electron chi connectivity index (χ0n) is 15.8. The van der Waals surface area contributed by atoms with Crippen molar-refractivity contribution in [1.29, 1.82) is 0 Å². The fraction of sp³-hybridized carbons (Fsp3) is 0.667. The molecular weight excluding hydrogens is 326 g/mol. The number of fused-ring (bicyclic) bond motifs is 1. The first-order valence-electron chi connectivity index (χ1n) is 10.1. The molecule has 1 saturated carbocycles. The minimum Gasteiger partial charge on any atom is -0.384 e. The van der Waals surface area contributed by atoms with Crippen LogP contribution in [-0.4, -0.2) is 51.8 Å². The molecule has 26 heavy (non-hydrogen) atoms. The van der Waals surface area contributed by atoms with Gasteiger partial charge in [-0.3, -0.25) is 4.79 Å². The van der Waals surface area contributed by atoms with Crippen molar-refractivity contribution < 1.29 is 9.53 Å². The Morgan fingerprint density at radius 3 is 3.00 bits per heavy atom. The van der Waals surface area contributed by atoms with Crippen LogP contribution in [0.15, 0.2) is 18.2 Å². The van der Waals surface area contributed by atoms with E-state index in [-0.39, 0.29) is 5.91 Å². The number of hydrogen-bond acceptors (Lipinski definition) is 4. The molecule has 2 N–H and O–H groups in total. The molecule has 0 spiro atoms. The summed E-state index contributed by atoms with van der Waals surface area (Å²) in [5.41, 5.74) is 3.88. The van der Waals surface area contributed by atoms with Crippen molar-refractivity contribution in [2.75, 3.05) is 44.8 Å². The van der Waals surface area contributed by atoms with Crippen molar-refractivity contribution in [3.05, 3.63) is 29.3 Å². The zero-order valence-corrected chi connectivity index (χ0v) is 15.8. The van der Waals surface area contributed by atoms with E-state index in [9.17, 15) is 4.79 Å². The number of nitrogens with zero attached hydrogens (tertiary/aromatic N) is 1. The Labute approximate surface area is 156 Å².